The molecule has 2 unspecified atom stereocenters. The van der Waals surface area contributed by atoms with Gasteiger partial charge in [-0.15, -0.1) is 0 Å². The number of pyridine rings is 1. The first-order chi connectivity index (χ1) is 8.15. The van der Waals surface area contributed by atoms with Gasteiger partial charge >= 0.3 is 0 Å². The van der Waals surface area contributed by atoms with Crippen molar-refractivity contribution in [3.63, 3.8) is 0 Å². The van der Waals surface area contributed by atoms with Crippen molar-refractivity contribution in [2.45, 2.75) is 31.1 Å². The summed E-state index contributed by atoms with van der Waals surface area (Å²) in [5, 5.41) is 4.60. The van der Waals surface area contributed by atoms with Crippen LogP contribution >= 0.6 is 15.9 Å². The predicted molar refractivity (Wildman–Crippen MR) is 77.8 cm³/mol. The fourth-order valence-electron chi connectivity index (χ4n) is 1.94. The van der Waals surface area contributed by atoms with Crippen molar-refractivity contribution in [3.8, 4) is 0 Å². The maximum Gasteiger partial charge on any atom is 0.126 e. The number of nitrogens with zero attached hydrogens (tertiary/aromatic N) is 1. The van der Waals surface area contributed by atoms with Crippen molar-refractivity contribution in [3.05, 3.63) is 36.4 Å². The predicted octanol–water partition coefficient (Wildman–Crippen LogP) is 4.21. The summed E-state index contributed by atoms with van der Waals surface area (Å²) in [7, 11) is 0. The highest BCUT2D eigenvalue weighted by Gasteiger charge is 2.06. The Labute approximate surface area is 111 Å². The van der Waals surface area contributed by atoms with Crippen molar-refractivity contribution in [2.75, 3.05) is 5.32 Å². The molecule has 2 atom stereocenters. The molecule has 0 fully saturated rings. The molecule has 1 heterocycles. The Morgan fingerprint density at radius 3 is 2.71 bits per heavy atom. The molecule has 90 valence electrons. The van der Waals surface area contributed by atoms with Gasteiger partial charge in [-0.05, 0) is 31.5 Å². The second-order valence-electron chi connectivity index (χ2n) is 4.45. The molecule has 0 amide bonds. The van der Waals surface area contributed by atoms with E-state index in [1.165, 1.54) is 5.39 Å². The minimum atomic E-state index is 0.415. The van der Waals surface area contributed by atoms with Crippen LogP contribution in [-0.4, -0.2) is 15.9 Å². The summed E-state index contributed by atoms with van der Waals surface area (Å²) in [6, 6.07) is 12.7. The van der Waals surface area contributed by atoms with Gasteiger partial charge in [-0.3, -0.25) is 0 Å². The van der Waals surface area contributed by atoms with E-state index < -0.39 is 0 Å². The van der Waals surface area contributed by atoms with Crippen LogP contribution in [0.4, 0.5) is 5.82 Å². The van der Waals surface area contributed by atoms with Gasteiger partial charge < -0.3 is 5.32 Å². The summed E-state index contributed by atoms with van der Waals surface area (Å²) in [5.41, 5.74) is 1.04. The van der Waals surface area contributed by atoms with Crippen molar-refractivity contribution in [1.29, 1.82) is 0 Å². The van der Waals surface area contributed by atoms with E-state index in [0.29, 0.717) is 10.9 Å². The number of benzene rings is 1. The number of rotatable bonds is 4. The van der Waals surface area contributed by atoms with Gasteiger partial charge in [0.1, 0.15) is 5.82 Å². The first-order valence-electron chi connectivity index (χ1n) is 5.91. The minimum absolute atomic E-state index is 0.415. The van der Waals surface area contributed by atoms with E-state index in [2.05, 4.69) is 52.2 Å². The SMILES string of the molecule is CC(Br)CC(C)Nc1ccc2ccccc2n1. The molecule has 0 aliphatic heterocycles. The van der Waals surface area contributed by atoms with Gasteiger partial charge in [0.15, 0.2) is 0 Å². The van der Waals surface area contributed by atoms with E-state index in [9.17, 15) is 0 Å². The Morgan fingerprint density at radius 2 is 1.94 bits per heavy atom. The lowest BCUT2D eigenvalue weighted by Crippen LogP contribution is -2.18. The first kappa shape index (κ1) is 12.4. The van der Waals surface area contributed by atoms with E-state index in [-0.39, 0.29) is 0 Å². The largest absolute Gasteiger partial charge is 0.368 e. The summed E-state index contributed by atoms with van der Waals surface area (Å²) in [4.78, 5) is 5.12. The molecular formula is C14H17BrN2. The zero-order valence-electron chi connectivity index (χ0n) is 10.2. The van der Waals surface area contributed by atoms with E-state index in [1.54, 1.807) is 0 Å². The number of alkyl halides is 1. The molecule has 0 saturated heterocycles. The zero-order chi connectivity index (χ0) is 12.3. The second kappa shape index (κ2) is 5.50. The van der Waals surface area contributed by atoms with Crippen molar-refractivity contribution >= 4 is 32.7 Å². The topological polar surface area (TPSA) is 24.9 Å². The van der Waals surface area contributed by atoms with E-state index >= 15 is 0 Å². The molecular weight excluding hydrogens is 276 g/mol. The molecule has 0 saturated carbocycles. The van der Waals surface area contributed by atoms with Crippen LogP contribution in [-0.2, 0) is 0 Å². The summed E-state index contributed by atoms with van der Waals surface area (Å²) < 4.78 is 0. The molecule has 2 aromatic rings. The zero-order valence-corrected chi connectivity index (χ0v) is 11.7. The van der Waals surface area contributed by atoms with Crippen LogP contribution < -0.4 is 5.32 Å². The number of fused-ring (bicyclic) bond motifs is 1. The fourth-order valence-corrected chi connectivity index (χ4v) is 2.51. The number of nitrogens with one attached hydrogen (secondary N) is 1. The smallest absolute Gasteiger partial charge is 0.126 e. The summed E-state index contributed by atoms with van der Waals surface area (Å²) >= 11 is 3.57. The van der Waals surface area contributed by atoms with Gasteiger partial charge in [-0.1, -0.05) is 41.1 Å². The number of anilines is 1. The first-order valence-corrected chi connectivity index (χ1v) is 6.83. The molecule has 1 aromatic carbocycles. The van der Waals surface area contributed by atoms with Gasteiger partial charge in [0.05, 0.1) is 5.52 Å². The monoisotopic (exact) mass is 292 g/mol. The quantitative estimate of drug-likeness (QED) is 0.854. The molecule has 0 aliphatic rings. The summed E-state index contributed by atoms with van der Waals surface area (Å²) in [6.07, 6.45) is 1.08. The van der Waals surface area contributed by atoms with Crippen molar-refractivity contribution in [1.82, 2.24) is 4.98 Å². The van der Waals surface area contributed by atoms with Crippen molar-refractivity contribution in [2.24, 2.45) is 0 Å². The highest BCUT2D eigenvalue weighted by atomic mass is 79.9. The molecule has 0 spiro atoms. The molecule has 2 nitrogen and oxygen atoms in total. The van der Waals surface area contributed by atoms with Gasteiger partial charge in [-0.2, -0.15) is 0 Å². The number of hydrogen-bond donors (Lipinski definition) is 1. The molecule has 0 radical (unpaired) electrons. The highest BCUT2D eigenvalue weighted by molar-refractivity contribution is 9.09. The van der Waals surface area contributed by atoms with Crippen LogP contribution in [0.2, 0.25) is 0 Å². The number of para-hydroxylation sites is 1. The second-order valence-corrected chi connectivity index (χ2v) is 6.01. The summed E-state index contributed by atoms with van der Waals surface area (Å²) in [6.45, 7) is 4.33. The van der Waals surface area contributed by atoms with Gasteiger partial charge in [0, 0.05) is 16.3 Å². The molecule has 3 heteroatoms. The third kappa shape index (κ3) is 3.43. The fraction of sp³-hybridized carbons (Fsp3) is 0.357. The van der Waals surface area contributed by atoms with E-state index in [4.69, 9.17) is 0 Å². The molecule has 0 aliphatic carbocycles. The highest BCUT2D eigenvalue weighted by Crippen LogP contribution is 2.16. The van der Waals surface area contributed by atoms with Crippen LogP contribution in [0, 0.1) is 0 Å². The minimum Gasteiger partial charge on any atom is -0.368 e. The maximum absolute atomic E-state index is 4.60. The van der Waals surface area contributed by atoms with E-state index in [0.717, 1.165) is 17.8 Å². The number of hydrogen-bond acceptors (Lipinski definition) is 2. The average molecular weight is 293 g/mol. The maximum atomic E-state index is 4.60. The van der Waals surface area contributed by atoms with Gasteiger partial charge in [0.25, 0.3) is 0 Å². The molecule has 1 aromatic heterocycles. The van der Waals surface area contributed by atoms with Crippen LogP contribution in [0.1, 0.15) is 20.3 Å². The Balaban J connectivity index is 2.14. The average Bonchev–Trinajstić information content (AvgIpc) is 2.27. The normalized spacial score (nSPS) is 14.5. The Bertz CT molecular complexity index is 496. The molecule has 17 heavy (non-hydrogen) atoms. The third-order valence-electron chi connectivity index (χ3n) is 2.67. The molecule has 0 bridgehead atoms. The number of aromatic nitrogens is 1. The van der Waals surface area contributed by atoms with Crippen molar-refractivity contribution < 1.29 is 0 Å². The van der Waals surface area contributed by atoms with Gasteiger partial charge in [-0.25, -0.2) is 4.98 Å². The number of halogens is 1. The lowest BCUT2D eigenvalue weighted by molar-refractivity contribution is 0.705. The summed E-state index contributed by atoms with van der Waals surface area (Å²) in [5.74, 6) is 0.948. The lowest BCUT2D eigenvalue weighted by atomic mass is 10.2. The lowest BCUT2D eigenvalue weighted by Gasteiger charge is -2.16. The Morgan fingerprint density at radius 1 is 1.18 bits per heavy atom. The van der Waals surface area contributed by atoms with Crippen LogP contribution in [0.15, 0.2) is 36.4 Å². The molecule has 1 N–H and O–H groups in total. The van der Waals surface area contributed by atoms with Crippen LogP contribution in [0.25, 0.3) is 10.9 Å². The standard InChI is InChI=1S/C14H17BrN2/c1-10(15)9-11(2)16-14-8-7-12-5-3-4-6-13(12)17-14/h3-8,10-11H,9H2,1-2H3,(H,16,17). The third-order valence-corrected chi connectivity index (χ3v) is 3.04. The van der Waals surface area contributed by atoms with Gasteiger partial charge in [0.2, 0.25) is 0 Å². The Kier molecular flexibility index (Phi) is 4.00. The van der Waals surface area contributed by atoms with Crippen LogP contribution in [0.3, 0.4) is 0 Å². The Hall–Kier alpha value is -1.09. The van der Waals surface area contributed by atoms with Crippen LogP contribution in [0.5, 0.6) is 0 Å². The molecule has 2 rings (SSSR count). The van der Waals surface area contributed by atoms with E-state index in [1.807, 2.05) is 24.3 Å².